The Labute approximate surface area is 245 Å². The topological polar surface area (TPSA) is 75.9 Å². The van der Waals surface area contributed by atoms with E-state index in [4.69, 9.17) is 14.5 Å². The Kier molecular flexibility index (Phi) is 6.33. The Morgan fingerprint density at radius 3 is 2.45 bits per heavy atom. The zero-order valence-electron chi connectivity index (χ0n) is 23.8. The third-order valence-electron chi connectivity index (χ3n) is 9.15. The third-order valence-corrected chi connectivity index (χ3v) is 9.15. The molecule has 2 aromatic carbocycles. The SMILES string of the molecule is CCOc1cccnc1-c1ccc(-c2[nH]nc3ncc(-c4ccc5c(c4)CCC(=[N+]4C6COCC4C6)CC5)cc23)cc1. The number of nitrogens with zero attached hydrogens (tertiary/aromatic N) is 4. The zero-order valence-corrected chi connectivity index (χ0v) is 23.8. The molecule has 0 saturated carbocycles. The summed E-state index contributed by atoms with van der Waals surface area (Å²) in [6, 6.07) is 22.7. The number of hydrogen-bond donors (Lipinski definition) is 1. The molecular formula is C35H34N5O2+. The van der Waals surface area contributed by atoms with Gasteiger partial charge >= 0.3 is 0 Å². The summed E-state index contributed by atoms with van der Waals surface area (Å²) in [4.78, 5) is 9.29. The van der Waals surface area contributed by atoms with E-state index in [9.17, 15) is 0 Å². The molecule has 3 aromatic heterocycles. The van der Waals surface area contributed by atoms with Crippen LogP contribution in [0.25, 0.3) is 44.7 Å². The molecule has 5 aromatic rings. The first kappa shape index (κ1) is 25.4. The maximum Gasteiger partial charge on any atom is 0.182 e. The number of hydrogen-bond acceptors (Lipinski definition) is 5. The summed E-state index contributed by atoms with van der Waals surface area (Å²) < 4.78 is 14.2. The van der Waals surface area contributed by atoms with Crippen LogP contribution in [0.2, 0.25) is 0 Å². The number of fused-ring (bicyclic) bond motifs is 4. The van der Waals surface area contributed by atoms with E-state index in [1.54, 1.807) is 11.9 Å². The molecule has 42 heavy (non-hydrogen) atoms. The van der Waals surface area contributed by atoms with Gasteiger partial charge in [-0.1, -0.05) is 42.5 Å². The van der Waals surface area contributed by atoms with Gasteiger partial charge in [0.05, 0.1) is 18.7 Å². The second-order valence-electron chi connectivity index (χ2n) is 11.6. The lowest BCUT2D eigenvalue weighted by Crippen LogP contribution is -2.60. The summed E-state index contributed by atoms with van der Waals surface area (Å²) in [5.74, 6) is 0.793. The van der Waals surface area contributed by atoms with Crippen molar-refractivity contribution in [3.63, 3.8) is 0 Å². The van der Waals surface area contributed by atoms with Gasteiger partial charge in [0.25, 0.3) is 0 Å². The molecule has 1 aliphatic carbocycles. The molecule has 2 saturated heterocycles. The molecule has 2 bridgehead atoms. The molecule has 210 valence electrons. The summed E-state index contributed by atoms with van der Waals surface area (Å²) in [6.45, 7) is 4.38. The Hall–Kier alpha value is -4.36. The van der Waals surface area contributed by atoms with E-state index in [0.29, 0.717) is 18.7 Å². The summed E-state index contributed by atoms with van der Waals surface area (Å²) in [5.41, 5.74) is 11.5. The number of rotatable bonds is 5. The largest absolute Gasteiger partial charge is 0.492 e. The van der Waals surface area contributed by atoms with Crippen LogP contribution in [0.4, 0.5) is 0 Å². The fourth-order valence-corrected chi connectivity index (χ4v) is 7.03. The minimum Gasteiger partial charge on any atom is -0.492 e. The molecule has 2 fully saturated rings. The Bertz CT molecular complexity index is 1810. The molecule has 2 aliphatic heterocycles. The number of ether oxygens (including phenoxy) is 2. The van der Waals surface area contributed by atoms with Crippen LogP contribution in [0.1, 0.15) is 37.3 Å². The molecule has 3 aliphatic rings. The predicted molar refractivity (Wildman–Crippen MR) is 164 cm³/mol. The summed E-state index contributed by atoms with van der Waals surface area (Å²) in [7, 11) is 0. The van der Waals surface area contributed by atoms with Gasteiger partial charge in [-0.15, -0.1) is 0 Å². The number of morpholine rings is 1. The van der Waals surface area contributed by atoms with Crippen molar-refractivity contribution in [2.75, 3.05) is 19.8 Å². The number of aromatic amines is 1. The van der Waals surface area contributed by atoms with E-state index >= 15 is 0 Å². The lowest BCUT2D eigenvalue weighted by atomic mass is 9.91. The average Bonchev–Trinajstić information content (AvgIpc) is 3.36. The first-order chi connectivity index (χ1) is 20.7. The van der Waals surface area contributed by atoms with Crippen molar-refractivity contribution in [1.29, 1.82) is 0 Å². The number of aromatic nitrogens is 4. The minimum absolute atomic E-state index is 0.602. The fourth-order valence-electron chi connectivity index (χ4n) is 7.03. The van der Waals surface area contributed by atoms with Crippen molar-refractivity contribution in [3.05, 3.63) is 84.2 Å². The first-order valence-corrected chi connectivity index (χ1v) is 15.1. The highest BCUT2D eigenvalue weighted by Crippen LogP contribution is 2.34. The molecule has 7 heteroatoms. The van der Waals surface area contributed by atoms with Crippen molar-refractivity contribution in [3.8, 4) is 39.4 Å². The predicted octanol–water partition coefficient (Wildman–Crippen LogP) is 6.26. The molecule has 2 unspecified atom stereocenters. The molecule has 2 atom stereocenters. The number of benzene rings is 2. The molecule has 0 amide bonds. The number of aryl methyl sites for hydroxylation is 2. The number of nitrogens with one attached hydrogen (secondary N) is 1. The van der Waals surface area contributed by atoms with Crippen LogP contribution in [-0.2, 0) is 17.6 Å². The van der Waals surface area contributed by atoms with Crippen LogP contribution in [0.3, 0.4) is 0 Å². The van der Waals surface area contributed by atoms with Crippen molar-refractivity contribution >= 4 is 16.7 Å². The zero-order chi connectivity index (χ0) is 28.0. The normalized spacial score (nSPS) is 19.7. The summed E-state index contributed by atoms with van der Waals surface area (Å²) in [6.07, 6.45) is 9.57. The smallest absolute Gasteiger partial charge is 0.182 e. The van der Waals surface area contributed by atoms with Crippen LogP contribution in [0.15, 0.2) is 73.1 Å². The van der Waals surface area contributed by atoms with Gasteiger partial charge < -0.3 is 9.47 Å². The maximum atomic E-state index is 5.79. The van der Waals surface area contributed by atoms with Crippen molar-refractivity contribution < 1.29 is 14.0 Å². The van der Waals surface area contributed by atoms with Gasteiger partial charge in [0, 0.05) is 47.3 Å². The molecule has 0 spiro atoms. The van der Waals surface area contributed by atoms with Crippen molar-refractivity contribution in [1.82, 2.24) is 20.2 Å². The van der Waals surface area contributed by atoms with Gasteiger partial charge in [0.1, 0.15) is 24.7 Å². The molecular weight excluding hydrogens is 522 g/mol. The van der Waals surface area contributed by atoms with E-state index in [1.807, 2.05) is 25.3 Å². The van der Waals surface area contributed by atoms with Crippen LogP contribution in [0.5, 0.6) is 5.75 Å². The van der Waals surface area contributed by atoms with Crippen LogP contribution >= 0.6 is 0 Å². The molecule has 0 radical (unpaired) electrons. The molecule has 1 N–H and O–H groups in total. The van der Waals surface area contributed by atoms with Crippen molar-refractivity contribution in [2.45, 2.75) is 51.1 Å². The van der Waals surface area contributed by atoms with Crippen LogP contribution < -0.4 is 4.74 Å². The quantitative estimate of drug-likeness (QED) is 0.204. The highest BCUT2D eigenvalue weighted by molar-refractivity contribution is 5.93. The number of pyridine rings is 2. The van der Waals surface area contributed by atoms with Crippen molar-refractivity contribution in [2.24, 2.45) is 0 Å². The van der Waals surface area contributed by atoms with Gasteiger partial charge in [-0.2, -0.15) is 5.10 Å². The average molecular weight is 557 g/mol. The highest BCUT2D eigenvalue weighted by Gasteiger charge is 2.49. The van der Waals surface area contributed by atoms with E-state index in [0.717, 1.165) is 83.8 Å². The standard InChI is InChI=1S/C35H34N5O2/c1-2-42-32-4-3-15-36-34(32)24-8-6-23(7-9-24)33-31-17-27(19-37-35(31)39-38-33)26-10-5-22-11-13-28(14-12-25(22)16-26)40-29-18-30(40)21-41-20-29/h3-10,15-17,19,29-30H,2,11-14,18,20-21H2,1H3,(H,37,38,39)/q+1. The van der Waals surface area contributed by atoms with Gasteiger partial charge in [-0.05, 0) is 54.7 Å². The van der Waals surface area contributed by atoms with Gasteiger partial charge in [-0.3, -0.25) is 10.1 Å². The second kappa shape index (κ2) is 10.5. The molecule has 5 heterocycles. The fraction of sp³-hybridized carbons (Fsp3) is 0.314. The van der Waals surface area contributed by atoms with Gasteiger partial charge in [-0.25, -0.2) is 9.56 Å². The van der Waals surface area contributed by atoms with Crippen LogP contribution in [0, 0.1) is 0 Å². The maximum absolute atomic E-state index is 5.79. The van der Waals surface area contributed by atoms with Gasteiger partial charge in [0.15, 0.2) is 23.4 Å². The Morgan fingerprint density at radius 2 is 1.64 bits per heavy atom. The minimum atomic E-state index is 0.602. The summed E-state index contributed by atoms with van der Waals surface area (Å²) in [5, 5.41) is 8.76. The van der Waals surface area contributed by atoms with E-state index in [1.165, 1.54) is 23.1 Å². The molecule has 7 nitrogen and oxygen atoms in total. The van der Waals surface area contributed by atoms with E-state index in [-0.39, 0.29) is 0 Å². The third kappa shape index (κ3) is 4.40. The molecule has 8 rings (SSSR count). The highest BCUT2D eigenvalue weighted by atomic mass is 16.5. The lowest BCUT2D eigenvalue weighted by molar-refractivity contribution is -0.686. The number of H-pyrrole nitrogens is 1. The summed E-state index contributed by atoms with van der Waals surface area (Å²) >= 11 is 0. The lowest BCUT2D eigenvalue weighted by Gasteiger charge is -2.39. The Balaban J connectivity index is 1.08. The Morgan fingerprint density at radius 1 is 0.857 bits per heavy atom. The van der Waals surface area contributed by atoms with E-state index < -0.39 is 0 Å². The van der Waals surface area contributed by atoms with E-state index in [2.05, 4.69) is 68.3 Å². The second-order valence-corrected chi connectivity index (χ2v) is 11.6. The monoisotopic (exact) mass is 556 g/mol. The van der Waals surface area contributed by atoms with Crippen LogP contribution in [-0.4, -0.2) is 62.4 Å². The van der Waals surface area contributed by atoms with Gasteiger partial charge in [0.2, 0.25) is 0 Å². The first-order valence-electron chi connectivity index (χ1n) is 15.1.